The van der Waals surface area contributed by atoms with Crippen molar-refractivity contribution in [3.05, 3.63) is 39.8 Å². The minimum absolute atomic E-state index is 0.436. The molecule has 21 heavy (non-hydrogen) atoms. The van der Waals surface area contributed by atoms with Gasteiger partial charge < -0.3 is 10.1 Å². The van der Waals surface area contributed by atoms with E-state index in [9.17, 15) is 0 Å². The summed E-state index contributed by atoms with van der Waals surface area (Å²) in [7, 11) is 1.67. The maximum absolute atomic E-state index is 6.16. The molecule has 0 unspecified atom stereocenters. The van der Waals surface area contributed by atoms with Gasteiger partial charge in [-0.25, -0.2) is 15.0 Å². The van der Waals surface area contributed by atoms with E-state index >= 15 is 0 Å². The third kappa shape index (κ3) is 4.61. The summed E-state index contributed by atoms with van der Waals surface area (Å²) in [6.45, 7) is 3.95. The summed E-state index contributed by atoms with van der Waals surface area (Å²) < 4.78 is 4.99. The molecule has 0 aromatic carbocycles. The molecule has 0 atom stereocenters. The summed E-state index contributed by atoms with van der Waals surface area (Å²) in [5.74, 6) is 0.500. The number of halogens is 2. The summed E-state index contributed by atoms with van der Waals surface area (Å²) in [6, 6.07) is 3.56. The Morgan fingerprint density at radius 1 is 1.24 bits per heavy atom. The first-order chi connectivity index (χ1) is 10.1. The second kappa shape index (κ2) is 7.66. The third-order valence-electron chi connectivity index (χ3n) is 2.72. The lowest BCUT2D eigenvalue weighted by Crippen LogP contribution is -2.19. The maximum Gasteiger partial charge on any atom is 0.180 e. The number of hydrogen-bond donors (Lipinski definition) is 1. The van der Waals surface area contributed by atoms with Crippen LogP contribution >= 0.6 is 23.2 Å². The Kier molecular flexibility index (Phi) is 5.87. The number of hydrogen-bond acceptors (Lipinski definition) is 5. The molecule has 0 saturated heterocycles. The molecule has 0 aliphatic rings. The Labute approximate surface area is 133 Å². The molecule has 0 amide bonds. The molecule has 112 valence electrons. The highest BCUT2D eigenvalue weighted by molar-refractivity contribution is 6.35. The van der Waals surface area contributed by atoms with Crippen LogP contribution in [0.5, 0.6) is 0 Å². The summed E-state index contributed by atoms with van der Waals surface area (Å²) in [6.07, 6.45) is 1.53. The lowest BCUT2D eigenvalue weighted by Gasteiger charge is -2.08. The van der Waals surface area contributed by atoms with Crippen LogP contribution < -0.4 is 5.32 Å². The van der Waals surface area contributed by atoms with Crippen molar-refractivity contribution in [2.24, 2.45) is 0 Å². The van der Waals surface area contributed by atoms with E-state index in [0.717, 1.165) is 17.9 Å². The molecule has 2 aromatic rings. The molecular weight excluding hydrogens is 311 g/mol. The lowest BCUT2D eigenvalue weighted by molar-refractivity contribution is 0.199. The van der Waals surface area contributed by atoms with Gasteiger partial charge >= 0.3 is 0 Å². The molecule has 0 aliphatic carbocycles. The van der Waals surface area contributed by atoms with Crippen molar-refractivity contribution >= 4 is 23.2 Å². The van der Waals surface area contributed by atoms with Gasteiger partial charge in [-0.05, 0) is 19.1 Å². The van der Waals surface area contributed by atoms with Crippen LogP contribution in [0.1, 0.15) is 11.4 Å². The van der Waals surface area contributed by atoms with Crippen molar-refractivity contribution in [1.29, 1.82) is 0 Å². The third-order valence-corrected chi connectivity index (χ3v) is 3.21. The summed E-state index contributed by atoms with van der Waals surface area (Å²) in [4.78, 5) is 13.1. The molecule has 0 bridgehead atoms. The Bertz CT molecular complexity index is 622. The minimum atomic E-state index is 0.436. The number of rotatable bonds is 6. The fraction of sp³-hybridized carbons (Fsp3) is 0.357. The van der Waals surface area contributed by atoms with E-state index in [1.165, 1.54) is 6.20 Å². The zero-order valence-corrected chi connectivity index (χ0v) is 13.4. The minimum Gasteiger partial charge on any atom is -0.383 e. The fourth-order valence-electron chi connectivity index (χ4n) is 1.80. The van der Waals surface area contributed by atoms with E-state index < -0.39 is 0 Å². The summed E-state index contributed by atoms with van der Waals surface area (Å²) in [5, 5.41) is 4.16. The van der Waals surface area contributed by atoms with Gasteiger partial charge in [0.1, 0.15) is 5.69 Å². The Morgan fingerprint density at radius 2 is 2.05 bits per heavy atom. The standard InChI is InChI=1S/C14H16Cl2N4O/c1-9-5-11(8-17-3-4-21-2)20-14(19-9)13-12(16)6-10(15)7-18-13/h5-7,17H,3-4,8H2,1-2H3. The highest BCUT2D eigenvalue weighted by Gasteiger charge is 2.11. The van der Waals surface area contributed by atoms with Crippen molar-refractivity contribution < 1.29 is 4.74 Å². The molecule has 2 heterocycles. The van der Waals surface area contributed by atoms with E-state index in [2.05, 4.69) is 20.3 Å². The Morgan fingerprint density at radius 3 is 2.76 bits per heavy atom. The average molecular weight is 327 g/mol. The van der Waals surface area contributed by atoms with E-state index in [4.69, 9.17) is 27.9 Å². The van der Waals surface area contributed by atoms with E-state index in [1.807, 2.05) is 13.0 Å². The molecule has 0 radical (unpaired) electrons. The van der Waals surface area contributed by atoms with E-state index in [0.29, 0.717) is 34.7 Å². The monoisotopic (exact) mass is 326 g/mol. The largest absolute Gasteiger partial charge is 0.383 e. The zero-order chi connectivity index (χ0) is 15.2. The number of ether oxygens (including phenoxy) is 1. The van der Waals surface area contributed by atoms with Gasteiger partial charge in [0.2, 0.25) is 0 Å². The molecule has 0 fully saturated rings. The van der Waals surface area contributed by atoms with Crippen LogP contribution in [-0.4, -0.2) is 35.2 Å². The van der Waals surface area contributed by atoms with Crippen molar-refractivity contribution in [2.75, 3.05) is 20.3 Å². The highest BCUT2D eigenvalue weighted by Crippen LogP contribution is 2.25. The van der Waals surface area contributed by atoms with Crippen molar-refractivity contribution in [2.45, 2.75) is 13.5 Å². The van der Waals surface area contributed by atoms with Crippen LogP contribution in [0.4, 0.5) is 0 Å². The predicted molar refractivity (Wildman–Crippen MR) is 83.6 cm³/mol. The molecule has 0 saturated carbocycles. The highest BCUT2D eigenvalue weighted by atomic mass is 35.5. The molecule has 0 aliphatic heterocycles. The first-order valence-corrected chi connectivity index (χ1v) is 7.21. The van der Waals surface area contributed by atoms with Crippen molar-refractivity contribution in [1.82, 2.24) is 20.3 Å². The maximum atomic E-state index is 6.16. The quantitative estimate of drug-likeness (QED) is 0.827. The fourth-order valence-corrected chi connectivity index (χ4v) is 2.26. The molecule has 0 spiro atoms. The topological polar surface area (TPSA) is 59.9 Å². The first kappa shape index (κ1) is 16.1. The van der Waals surface area contributed by atoms with Crippen LogP contribution in [-0.2, 0) is 11.3 Å². The number of aromatic nitrogens is 3. The van der Waals surface area contributed by atoms with Gasteiger partial charge in [0.05, 0.1) is 22.3 Å². The van der Waals surface area contributed by atoms with Crippen LogP contribution in [0.3, 0.4) is 0 Å². The molecular formula is C14H16Cl2N4O. The second-order valence-corrected chi connectivity index (χ2v) is 5.32. The van der Waals surface area contributed by atoms with Gasteiger partial charge in [-0.15, -0.1) is 0 Å². The van der Waals surface area contributed by atoms with Gasteiger partial charge in [-0.3, -0.25) is 0 Å². The second-order valence-electron chi connectivity index (χ2n) is 4.48. The smallest absolute Gasteiger partial charge is 0.180 e. The Hall–Kier alpha value is -1.27. The normalized spacial score (nSPS) is 10.9. The first-order valence-electron chi connectivity index (χ1n) is 6.46. The number of nitrogens with one attached hydrogen (secondary N) is 1. The van der Waals surface area contributed by atoms with Crippen LogP contribution in [0.2, 0.25) is 10.0 Å². The van der Waals surface area contributed by atoms with Gasteiger partial charge in [0, 0.05) is 32.1 Å². The van der Waals surface area contributed by atoms with Crippen LogP contribution in [0.25, 0.3) is 11.5 Å². The average Bonchev–Trinajstić information content (AvgIpc) is 2.43. The van der Waals surface area contributed by atoms with Gasteiger partial charge in [-0.1, -0.05) is 23.2 Å². The van der Waals surface area contributed by atoms with Gasteiger partial charge in [0.15, 0.2) is 5.82 Å². The Balaban J connectivity index is 2.22. The number of aryl methyl sites for hydroxylation is 1. The number of nitrogens with zero attached hydrogens (tertiary/aromatic N) is 3. The summed E-state index contributed by atoms with van der Waals surface area (Å²) >= 11 is 12.0. The van der Waals surface area contributed by atoms with Crippen LogP contribution in [0.15, 0.2) is 18.3 Å². The molecule has 1 N–H and O–H groups in total. The number of methoxy groups -OCH3 is 1. The molecule has 7 heteroatoms. The number of pyridine rings is 1. The van der Waals surface area contributed by atoms with Gasteiger partial charge in [0.25, 0.3) is 0 Å². The molecule has 5 nitrogen and oxygen atoms in total. The lowest BCUT2D eigenvalue weighted by atomic mass is 10.3. The van der Waals surface area contributed by atoms with Crippen molar-refractivity contribution in [3.8, 4) is 11.5 Å². The molecule has 2 aromatic heterocycles. The predicted octanol–water partition coefficient (Wildman–Crippen LogP) is 2.89. The summed E-state index contributed by atoms with van der Waals surface area (Å²) in [5.41, 5.74) is 2.26. The van der Waals surface area contributed by atoms with E-state index in [1.54, 1.807) is 13.2 Å². The molecule has 2 rings (SSSR count). The zero-order valence-electron chi connectivity index (χ0n) is 11.9. The van der Waals surface area contributed by atoms with E-state index in [-0.39, 0.29) is 0 Å². The van der Waals surface area contributed by atoms with Crippen molar-refractivity contribution in [3.63, 3.8) is 0 Å². The van der Waals surface area contributed by atoms with Crippen LogP contribution in [0, 0.1) is 6.92 Å². The van der Waals surface area contributed by atoms with Gasteiger partial charge in [-0.2, -0.15) is 0 Å². The SMILES string of the molecule is COCCNCc1cc(C)nc(-c2ncc(Cl)cc2Cl)n1.